The lowest BCUT2D eigenvalue weighted by atomic mass is 9.77. The van der Waals surface area contributed by atoms with Gasteiger partial charge in [0.15, 0.2) is 0 Å². The molecular weight excluding hydrogens is 156 g/mol. The third kappa shape index (κ3) is 2.00. The van der Waals surface area contributed by atoms with Crippen LogP contribution >= 0.6 is 0 Å². The third-order valence-electron chi connectivity index (χ3n) is 2.64. The van der Waals surface area contributed by atoms with E-state index >= 15 is 0 Å². The zero-order valence-electron chi connectivity index (χ0n) is 8.59. The Labute approximate surface area is 81.4 Å². The molecule has 0 saturated carbocycles. The quantitative estimate of drug-likeness (QED) is 0.569. The highest BCUT2D eigenvalue weighted by Crippen LogP contribution is 2.33. The summed E-state index contributed by atoms with van der Waals surface area (Å²) in [4.78, 5) is 0. The fourth-order valence-corrected chi connectivity index (χ4v) is 1.97. The Morgan fingerprint density at radius 3 is 2.77 bits per heavy atom. The monoisotopic (exact) mass is 174 g/mol. The number of hydrogen-bond acceptors (Lipinski definition) is 0. The summed E-state index contributed by atoms with van der Waals surface area (Å²) in [5, 5.41) is 0. The van der Waals surface area contributed by atoms with Crippen LogP contribution in [0.2, 0.25) is 0 Å². The summed E-state index contributed by atoms with van der Waals surface area (Å²) < 4.78 is 0. The van der Waals surface area contributed by atoms with E-state index in [2.05, 4.69) is 45.2 Å². The largest absolute Gasteiger partial charge is 0.102 e. The zero-order chi connectivity index (χ0) is 9.84. The molecule has 0 saturated heterocycles. The van der Waals surface area contributed by atoms with Crippen LogP contribution < -0.4 is 0 Å². The molecule has 0 bridgehead atoms. The van der Waals surface area contributed by atoms with E-state index in [-0.39, 0.29) is 0 Å². The summed E-state index contributed by atoms with van der Waals surface area (Å²) >= 11 is 0. The normalized spacial score (nSPS) is 26.8. The Bertz CT molecular complexity index is 266. The van der Waals surface area contributed by atoms with Crippen LogP contribution in [0.4, 0.5) is 0 Å². The van der Waals surface area contributed by atoms with Gasteiger partial charge in [0.05, 0.1) is 0 Å². The van der Waals surface area contributed by atoms with Gasteiger partial charge in [-0.1, -0.05) is 49.0 Å². The molecule has 0 nitrogen and oxygen atoms in total. The molecule has 0 amide bonds. The van der Waals surface area contributed by atoms with Gasteiger partial charge < -0.3 is 0 Å². The van der Waals surface area contributed by atoms with Crippen LogP contribution in [0.15, 0.2) is 48.6 Å². The molecule has 0 aliphatic heterocycles. The van der Waals surface area contributed by atoms with Crippen molar-refractivity contribution >= 4 is 0 Å². The molecule has 0 heteroatoms. The van der Waals surface area contributed by atoms with Crippen LogP contribution in [0.25, 0.3) is 0 Å². The highest BCUT2D eigenvalue weighted by atomic mass is 14.3. The van der Waals surface area contributed by atoms with Crippen molar-refractivity contribution in [2.75, 3.05) is 0 Å². The molecule has 70 valence electrons. The maximum atomic E-state index is 4.05. The van der Waals surface area contributed by atoms with Gasteiger partial charge in [-0.15, -0.1) is 6.58 Å². The first-order valence-electron chi connectivity index (χ1n) is 4.86. The Morgan fingerprint density at radius 2 is 2.31 bits per heavy atom. The standard InChI is InChI=1S/C13H18/c1-5-11-8-7-9-12(6-2)13(11)10(3)4/h5,7-9,11,13H,1,3,6H2,2,4H3. The molecule has 13 heavy (non-hydrogen) atoms. The molecule has 0 aromatic heterocycles. The van der Waals surface area contributed by atoms with Crippen LogP contribution in [-0.2, 0) is 0 Å². The molecule has 0 N–H and O–H groups in total. The summed E-state index contributed by atoms with van der Waals surface area (Å²) in [6, 6.07) is 0. The van der Waals surface area contributed by atoms with Crippen molar-refractivity contribution in [3.8, 4) is 0 Å². The molecule has 0 radical (unpaired) electrons. The van der Waals surface area contributed by atoms with E-state index < -0.39 is 0 Å². The Kier molecular flexibility index (Phi) is 3.30. The molecule has 2 unspecified atom stereocenters. The van der Waals surface area contributed by atoms with Crippen molar-refractivity contribution < 1.29 is 0 Å². The predicted molar refractivity (Wildman–Crippen MR) is 59.5 cm³/mol. The lowest BCUT2D eigenvalue weighted by molar-refractivity contribution is 0.583. The summed E-state index contributed by atoms with van der Waals surface area (Å²) in [6.07, 6.45) is 9.65. The van der Waals surface area contributed by atoms with Crippen LogP contribution in [0.1, 0.15) is 20.3 Å². The Hall–Kier alpha value is -1.04. The van der Waals surface area contributed by atoms with E-state index in [1.54, 1.807) is 0 Å². The van der Waals surface area contributed by atoms with Crippen molar-refractivity contribution in [3.63, 3.8) is 0 Å². The summed E-state index contributed by atoms with van der Waals surface area (Å²) in [7, 11) is 0. The lowest BCUT2D eigenvalue weighted by Crippen LogP contribution is -2.16. The second kappa shape index (κ2) is 4.27. The van der Waals surface area contributed by atoms with Crippen LogP contribution in [0.3, 0.4) is 0 Å². The minimum absolute atomic E-state index is 0.442. The topological polar surface area (TPSA) is 0 Å². The summed E-state index contributed by atoms with van der Waals surface area (Å²) in [5.74, 6) is 0.921. The molecule has 2 atom stereocenters. The minimum Gasteiger partial charge on any atom is -0.102 e. The van der Waals surface area contributed by atoms with Crippen molar-refractivity contribution in [3.05, 3.63) is 48.6 Å². The van der Waals surface area contributed by atoms with Gasteiger partial charge in [0.25, 0.3) is 0 Å². The average Bonchev–Trinajstić information content (AvgIpc) is 2.16. The SMILES string of the molecule is C=CC1C=CC=C(CC)C1C(=C)C. The molecular formula is C13H18. The first kappa shape index (κ1) is 10.0. The molecule has 0 heterocycles. The van der Waals surface area contributed by atoms with E-state index in [1.807, 2.05) is 6.08 Å². The third-order valence-corrected chi connectivity index (χ3v) is 2.64. The van der Waals surface area contributed by atoms with Crippen LogP contribution in [-0.4, -0.2) is 0 Å². The fourth-order valence-electron chi connectivity index (χ4n) is 1.97. The Balaban J connectivity index is 2.95. The van der Waals surface area contributed by atoms with Crippen LogP contribution in [0.5, 0.6) is 0 Å². The summed E-state index contributed by atoms with van der Waals surface area (Å²) in [6.45, 7) is 12.2. The van der Waals surface area contributed by atoms with Gasteiger partial charge in [-0.3, -0.25) is 0 Å². The molecule has 0 aromatic carbocycles. The highest BCUT2D eigenvalue weighted by molar-refractivity contribution is 5.31. The van der Waals surface area contributed by atoms with Gasteiger partial charge >= 0.3 is 0 Å². The maximum Gasteiger partial charge on any atom is 0.0102 e. The first-order valence-corrected chi connectivity index (χ1v) is 4.86. The Morgan fingerprint density at radius 1 is 1.62 bits per heavy atom. The van der Waals surface area contributed by atoms with Gasteiger partial charge in [0.2, 0.25) is 0 Å². The molecule has 1 rings (SSSR count). The van der Waals surface area contributed by atoms with E-state index in [0.29, 0.717) is 11.8 Å². The number of rotatable bonds is 3. The number of allylic oxidation sites excluding steroid dienone is 6. The zero-order valence-corrected chi connectivity index (χ0v) is 8.59. The van der Waals surface area contributed by atoms with Crippen LogP contribution in [0, 0.1) is 11.8 Å². The second-order valence-electron chi connectivity index (χ2n) is 3.62. The molecule has 1 aliphatic carbocycles. The highest BCUT2D eigenvalue weighted by Gasteiger charge is 2.22. The molecule has 1 aliphatic rings. The van der Waals surface area contributed by atoms with Crippen molar-refractivity contribution in [2.45, 2.75) is 20.3 Å². The molecule has 0 fully saturated rings. The predicted octanol–water partition coefficient (Wildman–Crippen LogP) is 3.89. The smallest absolute Gasteiger partial charge is 0.0102 e. The van der Waals surface area contributed by atoms with Crippen molar-refractivity contribution in [1.82, 2.24) is 0 Å². The second-order valence-corrected chi connectivity index (χ2v) is 3.62. The van der Waals surface area contributed by atoms with E-state index in [9.17, 15) is 0 Å². The van der Waals surface area contributed by atoms with Crippen molar-refractivity contribution in [2.24, 2.45) is 11.8 Å². The van der Waals surface area contributed by atoms with Gasteiger partial charge in [-0.25, -0.2) is 0 Å². The van der Waals surface area contributed by atoms with E-state index in [0.717, 1.165) is 6.42 Å². The minimum atomic E-state index is 0.442. The van der Waals surface area contributed by atoms with Gasteiger partial charge in [0.1, 0.15) is 0 Å². The molecule has 0 aromatic rings. The fraction of sp³-hybridized carbons (Fsp3) is 0.385. The van der Waals surface area contributed by atoms with Gasteiger partial charge in [-0.05, 0) is 13.3 Å². The van der Waals surface area contributed by atoms with Gasteiger partial charge in [0, 0.05) is 11.8 Å². The maximum absolute atomic E-state index is 4.05. The van der Waals surface area contributed by atoms with Gasteiger partial charge in [-0.2, -0.15) is 0 Å². The van der Waals surface area contributed by atoms with E-state index in [4.69, 9.17) is 0 Å². The van der Waals surface area contributed by atoms with E-state index in [1.165, 1.54) is 11.1 Å². The number of hydrogen-bond donors (Lipinski definition) is 0. The average molecular weight is 174 g/mol. The lowest BCUT2D eigenvalue weighted by Gasteiger charge is -2.27. The first-order chi connectivity index (χ1) is 6.20. The molecule has 0 spiro atoms. The van der Waals surface area contributed by atoms with Crippen molar-refractivity contribution in [1.29, 1.82) is 0 Å². The summed E-state index contributed by atoms with van der Waals surface area (Å²) in [5.41, 5.74) is 2.71.